The zero-order valence-corrected chi connectivity index (χ0v) is 21.3. The summed E-state index contributed by atoms with van der Waals surface area (Å²) < 4.78 is 48.7. The van der Waals surface area contributed by atoms with E-state index >= 15 is 0 Å². The minimum Gasteiger partial charge on any atom is -0.497 e. The van der Waals surface area contributed by atoms with Crippen LogP contribution in [-0.2, 0) is 6.18 Å². The van der Waals surface area contributed by atoms with Crippen molar-refractivity contribution in [1.29, 1.82) is 0 Å². The van der Waals surface area contributed by atoms with Crippen molar-refractivity contribution in [2.24, 2.45) is 0 Å². The van der Waals surface area contributed by atoms with E-state index in [0.29, 0.717) is 22.2 Å². The molecule has 2 unspecified atom stereocenters. The van der Waals surface area contributed by atoms with E-state index in [1.165, 1.54) is 12.1 Å². The van der Waals surface area contributed by atoms with Crippen LogP contribution >= 0.6 is 12.2 Å². The second-order valence-electron chi connectivity index (χ2n) is 8.87. The summed E-state index contributed by atoms with van der Waals surface area (Å²) in [6.07, 6.45) is -2.77. The molecule has 1 aliphatic heterocycles. The Hall–Kier alpha value is -3.85. The fourth-order valence-corrected chi connectivity index (χ4v) is 5.40. The zero-order valence-electron chi connectivity index (χ0n) is 20.5. The highest BCUT2D eigenvalue weighted by molar-refractivity contribution is 7.80. The Balaban J connectivity index is 1.69. The number of benzene rings is 2. The number of hydrogen-bond acceptors (Lipinski definition) is 3. The molecule has 3 heterocycles. The second kappa shape index (κ2) is 9.55. The van der Waals surface area contributed by atoms with E-state index in [4.69, 9.17) is 17.0 Å². The van der Waals surface area contributed by atoms with Gasteiger partial charge in [-0.1, -0.05) is 18.2 Å². The number of thiocarbonyl (C=S) groups is 1. The Morgan fingerprint density at radius 1 is 0.973 bits per heavy atom. The van der Waals surface area contributed by atoms with Crippen molar-refractivity contribution in [1.82, 2.24) is 14.9 Å². The van der Waals surface area contributed by atoms with Crippen LogP contribution in [0.2, 0.25) is 0 Å². The lowest BCUT2D eigenvalue weighted by atomic mass is 9.96. The van der Waals surface area contributed by atoms with E-state index in [9.17, 15) is 13.2 Å². The molecule has 1 saturated heterocycles. The van der Waals surface area contributed by atoms with Gasteiger partial charge in [0.05, 0.1) is 36.1 Å². The summed E-state index contributed by atoms with van der Waals surface area (Å²) in [6, 6.07) is 20.1. The Morgan fingerprint density at radius 2 is 1.68 bits per heavy atom. The Morgan fingerprint density at radius 3 is 2.32 bits per heavy atom. The number of ether oxygens (including phenoxy) is 1. The Bertz CT molecular complexity index is 1430. The van der Waals surface area contributed by atoms with E-state index in [1.807, 2.05) is 67.3 Å². The third kappa shape index (κ3) is 4.44. The maximum absolute atomic E-state index is 13.9. The number of methoxy groups -OCH3 is 1. The number of hydrogen-bond donors (Lipinski definition) is 1. The molecule has 0 radical (unpaired) electrons. The third-order valence-electron chi connectivity index (χ3n) is 6.69. The molecule has 37 heavy (non-hydrogen) atoms. The number of rotatable bonds is 5. The normalized spacial score (nSPS) is 17.7. The number of pyridine rings is 1. The number of para-hydroxylation sites is 1. The minimum atomic E-state index is -4.48. The molecule has 0 spiro atoms. The van der Waals surface area contributed by atoms with Crippen LogP contribution in [0.25, 0.3) is 5.69 Å². The molecular weight excluding hydrogens is 497 g/mol. The summed E-state index contributed by atoms with van der Waals surface area (Å²) in [5, 5.41) is 3.91. The average Bonchev–Trinajstić information content (AvgIpc) is 3.39. The molecule has 0 bridgehead atoms. The van der Waals surface area contributed by atoms with Crippen molar-refractivity contribution >= 4 is 23.0 Å². The van der Waals surface area contributed by atoms with Crippen LogP contribution in [0.3, 0.4) is 0 Å². The molecule has 1 aliphatic rings. The van der Waals surface area contributed by atoms with Crippen molar-refractivity contribution in [3.63, 3.8) is 0 Å². The fourth-order valence-electron chi connectivity index (χ4n) is 5.06. The number of halogens is 3. The quantitative estimate of drug-likeness (QED) is 0.296. The molecule has 2 atom stereocenters. The highest BCUT2D eigenvalue weighted by atomic mass is 32.1. The molecule has 2 aromatic heterocycles. The average molecular weight is 523 g/mol. The van der Waals surface area contributed by atoms with Gasteiger partial charge >= 0.3 is 6.18 Å². The molecule has 1 fully saturated rings. The molecule has 5 rings (SSSR count). The van der Waals surface area contributed by atoms with Crippen molar-refractivity contribution in [2.75, 3.05) is 12.0 Å². The minimum absolute atomic E-state index is 0.0927. The van der Waals surface area contributed by atoms with Crippen molar-refractivity contribution in [3.05, 3.63) is 107 Å². The van der Waals surface area contributed by atoms with Gasteiger partial charge in [-0.25, -0.2) is 0 Å². The molecule has 190 valence electrons. The molecular formula is C28H25F3N4OS. The van der Waals surface area contributed by atoms with Crippen molar-refractivity contribution in [3.8, 4) is 11.4 Å². The second-order valence-corrected chi connectivity index (χ2v) is 9.26. The zero-order chi connectivity index (χ0) is 26.3. The standard InChI is InChI=1S/C28H25F3N4OS/c1-17-16-21(18(2)34(17)24-10-5-4-8-22(24)28(29,30)31)26-25(23-9-6-7-15-32-23)33-27(37)35(26)19-11-13-20(36-3)14-12-19/h4-16,25-26H,1-3H3,(H,33,37). The number of aromatic nitrogens is 2. The van der Waals surface area contributed by atoms with Crippen molar-refractivity contribution in [2.45, 2.75) is 32.1 Å². The van der Waals surface area contributed by atoms with Gasteiger partial charge in [-0.15, -0.1) is 0 Å². The first-order chi connectivity index (χ1) is 17.7. The summed E-state index contributed by atoms with van der Waals surface area (Å²) in [6.45, 7) is 3.66. The van der Waals surface area contributed by atoms with E-state index in [2.05, 4.69) is 10.3 Å². The fraction of sp³-hybridized carbons (Fsp3) is 0.214. The van der Waals surface area contributed by atoms with Crippen LogP contribution in [0.15, 0.2) is 79.0 Å². The number of aryl methyl sites for hydroxylation is 1. The van der Waals surface area contributed by atoms with Crippen LogP contribution < -0.4 is 15.0 Å². The number of nitrogens with one attached hydrogen (secondary N) is 1. The van der Waals surface area contributed by atoms with Gasteiger partial charge in [0.2, 0.25) is 0 Å². The predicted molar refractivity (Wildman–Crippen MR) is 141 cm³/mol. The maximum atomic E-state index is 13.9. The third-order valence-corrected chi connectivity index (χ3v) is 7.00. The molecule has 0 amide bonds. The maximum Gasteiger partial charge on any atom is 0.418 e. The van der Waals surface area contributed by atoms with Crippen LogP contribution in [0, 0.1) is 13.8 Å². The molecule has 4 aromatic rings. The SMILES string of the molecule is COc1ccc(N2C(=S)NC(c3ccccn3)C2c2cc(C)n(-c3ccccc3C(F)(F)F)c2C)cc1. The van der Waals surface area contributed by atoms with Gasteiger partial charge in [0, 0.05) is 23.3 Å². The van der Waals surface area contributed by atoms with E-state index in [1.54, 1.807) is 23.9 Å². The lowest BCUT2D eigenvalue weighted by Crippen LogP contribution is -2.29. The predicted octanol–water partition coefficient (Wildman–Crippen LogP) is 6.69. The first-order valence-electron chi connectivity index (χ1n) is 11.7. The van der Waals surface area contributed by atoms with Crippen LogP contribution in [-0.4, -0.2) is 21.8 Å². The summed E-state index contributed by atoms with van der Waals surface area (Å²) in [5.74, 6) is 0.710. The highest BCUT2D eigenvalue weighted by Crippen LogP contribution is 2.44. The molecule has 0 aliphatic carbocycles. The van der Waals surface area contributed by atoms with Gasteiger partial charge in [-0.05, 0) is 86.2 Å². The van der Waals surface area contributed by atoms with Crippen LogP contribution in [0.4, 0.5) is 18.9 Å². The van der Waals surface area contributed by atoms with E-state index in [-0.39, 0.29) is 17.8 Å². The number of alkyl halides is 3. The smallest absolute Gasteiger partial charge is 0.418 e. The van der Waals surface area contributed by atoms with Gasteiger partial charge in [0.25, 0.3) is 0 Å². The highest BCUT2D eigenvalue weighted by Gasteiger charge is 2.43. The molecule has 2 aromatic carbocycles. The lowest BCUT2D eigenvalue weighted by molar-refractivity contribution is -0.137. The first kappa shape index (κ1) is 24.8. The molecule has 1 N–H and O–H groups in total. The Kier molecular flexibility index (Phi) is 6.41. The van der Waals surface area contributed by atoms with Gasteiger partial charge < -0.3 is 19.5 Å². The van der Waals surface area contributed by atoms with E-state index in [0.717, 1.165) is 23.0 Å². The lowest BCUT2D eigenvalue weighted by Gasteiger charge is -2.28. The number of anilines is 1. The molecule has 9 heteroatoms. The largest absolute Gasteiger partial charge is 0.497 e. The van der Waals surface area contributed by atoms with Gasteiger partial charge in [-0.2, -0.15) is 13.2 Å². The first-order valence-corrected chi connectivity index (χ1v) is 12.1. The number of nitrogens with zero attached hydrogens (tertiary/aromatic N) is 3. The Labute approximate surface area is 218 Å². The summed E-state index contributed by atoms with van der Waals surface area (Å²) in [5.41, 5.74) is 3.27. The topological polar surface area (TPSA) is 42.3 Å². The van der Waals surface area contributed by atoms with Gasteiger partial charge in [0.1, 0.15) is 5.75 Å². The summed E-state index contributed by atoms with van der Waals surface area (Å²) in [7, 11) is 1.60. The summed E-state index contributed by atoms with van der Waals surface area (Å²) >= 11 is 5.78. The monoisotopic (exact) mass is 522 g/mol. The van der Waals surface area contributed by atoms with Gasteiger partial charge in [0.15, 0.2) is 5.11 Å². The summed E-state index contributed by atoms with van der Waals surface area (Å²) in [4.78, 5) is 6.56. The van der Waals surface area contributed by atoms with Gasteiger partial charge in [-0.3, -0.25) is 4.98 Å². The molecule has 5 nitrogen and oxygen atoms in total. The molecule has 0 saturated carbocycles. The van der Waals surface area contributed by atoms with Crippen molar-refractivity contribution < 1.29 is 17.9 Å². The van der Waals surface area contributed by atoms with E-state index < -0.39 is 11.7 Å². The van der Waals surface area contributed by atoms with Crippen LogP contribution in [0.1, 0.15) is 40.3 Å². The van der Waals surface area contributed by atoms with Crippen LogP contribution in [0.5, 0.6) is 5.75 Å².